The number of ether oxygens (including phenoxy) is 2. The summed E-state index contributed by atoms with van der Waals surface area (Å²) in [5.74, 6) is 0.00939. The Kier molecular flexibility index (Phi) is 7.64. The number of rotatable bonds is 9. The average molecular weight is 374 g/mol. The van der Waals surface area contributed by atoms with Crippen molar-refractivity contribution in [2.45, 2.75) is 20.1 Å². The second-order valence-corrected chi connectivity index (χ2v) is 5.66. The van der Waals surface area contributed by atoms with E-state index in [1.165, 1.54) is 0 Å². The number of nitrogens with one attached hydrogen (secondary N) is 2. The van der Waals surface area contributed by atoms with Gasteiger partial charge in [0.25, 0.3) is 0 Å². The molecule has 136 valence electrons. The van der Waals surface area contributed by atoms with E-state index in [1.807, 2.05) is 30.3 Å². The molecule has 0 aromatic heterocycles. The van der Waals surface area contributed by atoms with Gasteiger partial charge in [0.1, 0.15) is 12.4 Å². The van der Waals surface area contributed by atoms with Crippen LogP contribution in [0, 0.1) is 5.41 Å². The molecule has 7 heteroatoms. The smallest absolute Gasteiger partial charge is 0.360 e. The van der Waals surface area contributed by atoms with Gasteiger partial charge in [-0.2, -0.15) is 5.10 Å². The van der Waals surface area contributed by atoms with Gasteiger partial charge in [-0.1, -0.05) is 41.9 Å². The molecule has 0 aliphatic rings. The molecule has 2 rings (SSSR count). The lowest BCUT2D eigenvalue weighted by Crippen LogP contribution is -2.22. The van der Waals surface area contributed by atoms with Crippen LogP contribution in [0.5, 0.6) is 5.75 Å². The molecular weight excluding hydrogens is 354 g/mol. The average Bonchev–Trinajstić information content (AvgIpc) is 2.65. The fourth-order valence-corrected chi connectivity index (χ4v) is 2.31. The van der Waals surface area contributed by atoms with Gasteiger partial charge in [-0.15, -0.1) is 0 Å². The Bertz CT molecular complexity index is 779. The maximum Gasteiger partial charge on any atom is 0.360 e. The van der Waals surface area contributed by atoms with E-state index in [0.717, 1.165) is 17.3 Å². The lowest BCUT2D eigenvalue weighted by Gasteiger charge is -2.12. The summed E-state index contributed by atoms with van der Waals surface area (Å²) < 4.78 is 10.7. The highest BCUT2D eigenvalue weighted by atomic mass is 35.5. The van der Waals surface area contributed by atoms with Crippen molar-refractivity contribution in [3.63, 3.8) is 0 Å². The molecule has 0 atom stereocenters. The minimum absolute atomic E-state index is 0.111. The minimum atomic E-state index is -0.651. The van der Waals surface area contributed by atoms with Crippen molar-refractivity contribution < 1.29 is 14.3 Å². The monoisotopic (exact) mass is 373 g/mol. The van der Waals surface area contributed by atoms with Crippen LogP contribution in [-0.4, -0.2) is 24.5 Å². The first-order valence-electron chi connectivity index (χ1n) is 8.07. The number of carbonyl (C=O) groups excluding carboxylic acids is 1. The van der Waals surface area contributed by atoms with Crippen LogP contribution in [0.25, 0.3) is 0 Å². The van der Waals surface area contributed by atoms with E-state index in [1.54, 1.807) is 25.1 Å². The van der Waals surface area contributed by atoms with E-state index in [9.17, 15) is 4.79 Å². The number of esters is 1. The summed E-state index contributed by atoms with van der Waals surface area (Å²) in [4.78, 5) is 11.6. The molecule has 6 nitrogen and oxygen atoms in total. The second kappa shape index (κ2) is 10.2. The predicted molar refractivity (Wildman–Crippen MR) is 102 cm³/mol. The van der Waals surface area contributed by atoms with E-state index in [0.29, 0.717) is 17.4 Å². The van der Waals surface area contributed by atoms with Crippen LogP contribution >= 0.6 is 11.6 Å². The summed E-state index contributed by atoms with van der Waals surface area (Å²) in [7, 11) is 0. The Hall–Kier alpha value is -2.86. The maximum absolute atomic E-state index is 11.6. The molecule has 2 aromatic carbocycles. The van der Waals surface area contributed by atoms with Crippen molar-refractivity contribution in [1.82, 2.24) is 5.43 Å². The van der Waals surface area contributed by atoms with Crippen molar-refractivity contribution in [3.8, 4) is 5.75 Å². The molecular formula is C19H20ClN3O3. The molecule has 0 saturated heterocycles. The number of hydrogen-bond donors (Lipinski definition) is 2. The van der Waals surface area contributed by atoms with Crippen LogP contribution in [0.15, 0.2) is 53.6 Å². The van der Waals surface area contributed by atoms with Gasteiger partial charge in [0.05, 0.1) is 19.4 Å². The summed E-state index contributed by atoms with van der Waals surface area (Å²) in [5, 5.41) is 11.7. The molecule has 2 N–H and O–H groups in total. The zero-order chi connectivity index (χ0) is 18.8. The second-order valence-electron chi connectivity index (χ2n) is 5.22. The number of benzene rings is 2. The molecule has 0 radical (unpaired) electrons. The van der Waals surface area contributed by atoms with E-state index in [-0.39, 0.29) is 18.9 Å². The first kappa shape index (κ1) is 19.5. The van der Waals surface area contributed by atoms with Gasteiger partial charge in [-0.25, -0.2) is 4.79 Å². The van der Waals surface area contributed by atoms with Gasteiger partial charge in [0.2, 0.25) is 0 Å². The molecule has 0 saturated carbocycles. The quantitative estimate of drug-likeness (QED) is 0.400. The van der Waals surface area contributed by atoms with Gasteiger partial charge in [0, 0.05) is 10.6 Å². The number of carbonyl (C=O) groups is 1. The van der Waals surface area contributed by atoms with E-state index in [2.05, 4.69) is 10.5 Å². The Morgan fingerprint density at radius 2 is 2.04 bits per heavy atom. The molecule has 0 amide bonds. The zero-order valence-corrected chi connectivity index (χ0v) is 15.1. The first-order valence-corrected chi connectivity index (χ1v) is 8.45. The zero-order valence-electron chi connectivity index (χ0n) is 14.4. The molecule has 0 aliphatic carbocycles. The molecule has 0 aliphatic heterocycles. The van der Waals surface area contributed by atoms with Crippen molar-refractivity contribution >= 4 is 29.5 Å². The van der Waals surface area contributed by atoms with Crippen LogP contribution in [0.4, 0.5) is 0 Å². The standard InChI is InChI=1S/C19H20ClN3O3/c1-2-25-19(24)17(11-21)23-22-12-15-10-16(20)8-9-18(15)26-13-14-6-4-3-5-7-14/h3-11,21-22H,2,12-13H2,1H3/b21-11?,23-17+. The Balaban J connectivity index is 2.04. The summed E-state index contributed by atoms with van der Waals surface area (Å²) in [6.45, 7) is 2.61. The Labute approximate surface area is 157 Å². The summed E-state index contributed by atoms with van der Waals surface area (Å²) in [5.41, 5.74) is 4.48. The van der Waals surface area contributed by atoms with Crippen molar-refractivity contribution in [2.75, 3.05) is 6.61 Å². The van der Waals surface area contributed by atoms with Crippen LogP contribution in [0.1, 0.15) is 18.1 Å². The van der Waals surface area contributed by atoms with E-state index < -0.39 is 5.97 Å². The van der Waals surface area contributed by atoms with E-state index in [4.69, 9.17) is 26.5 Å². The lowest BCUT2D eigenvalue weighted by molar-refractivity contribution is -0.134. The number of hydrazone groups is 1. The predicted octanol–water partition coefficient (Wildman–Crippen LogP) is 3.58. The van der Waals surface area contributed by atoms with Crippen molar-refractivity contribution in [3.05, 3.63) is 64.7 Å². The molecule has 2 aromatic rings. The number of nitrogens with zero attached hydrogens (tertiary/aromatic N) is 1. The van der Waals surface area contributed by atoms with Gasteiger partial charge >= 0.3 is 5.97 Å². The Morgan fingerprint density at radius 3 is 2.73 bits per heavy atom. The van der Waals surface area contributed by atoms with Crippen molar-refractivity contribution in [1.29, 1.82) is 5.41 Å². The third kappa shape index (κ3) is 5.89. The highest BCUT2D eigenvalue weighted by Crippen LogP contribution is 2.23. The topological polar surface area (TPSA) is 83.8 Å². The molecule has 0 unspecified atom stereocenters. The largest absolute Gasteiger partial charge is 0.489 e. The van der Waals surface area contributed by atoms with Crippen molar-refractivity contribution in [2.24, 2.45) is 5.10 Å². The van der Waals surface area contributed by atoms with Crippen LogP contribution in [0.2, 0.25) is 5.02 Å². The summed E-state index contributed by atoms with van der Waals surface area (Å²) >= 11 is 6.06. The van der Waals surface area contributed by atoms with Crippen LogP contribution < -0.4 is 10.2 Å². The van der Waals surface area contributed by atoms with Gasteiger partial charge in [-0.05, 0) is 30.7 Å². The highest BCUT2D eigenvalue weighted by molar-refractivity contribution is 6.58. The molecule has 0 spiro atoms. The summed E-state index contributed by atoms with van der Waals surface area (Å²) in [6.07, 6.45) is 0.843. The summed E-state index contributed by atoms with van der Waals surface area (Å²) in [6, 6.07) is 15.1. The fraction of sp³-hybridized carbons (Fsp3) is 0.211. The van der Waals surface area contributed by atoms with E-state index >= 15 is 0 Å². The SMILES string of the molecule is CCOC(=O)/C(C=N)=N/NCc1cc(Cl)ccc1OCc1ccccc1. The highest BCUT2D eigenvalue weighted by Gasteiger charge is 2.10. The maximum atomic E-state index is 11.6. The molecule has 0 bridgehead atoms. The Morgan fingerprint density at radius 1 is 1.27 bits per heavy atom. The minimum Gasteiger partial charge on any atom is -0.489 e. The van der Waals surface area contributed by atoms with Gasteiger partial charge < -0.3 is 20.3 Å². The van der Waals surface area contributed by atoms with Gasteiger partial charge in [0.15, 0.2) is 5.71 Å². The molecule has 26 heavy (non-hydrogen) atoms. The number of hydrogen-bond acceptors (Lipinski definition) is 6. The third-order valence-corrected chi connectivity index (χ3v) is 3.59. The van der Waals surface area contributed by atoms with Gasteiger partial charge in [-0.3, -0.25) is 0 Å². The lowest BCUT2D eigenvalue weighted by atomic mass is 10.2. The third-order valence-electron chi connectivity index (χ3n) is 3.35. The van der Waals surface area contributed by atoms with Crippen LogP contribution in [-0.2, 0) is 22.7 Å². The molecule has 0 fully saturated rings. The fourth-order valence-electron chi connectivity index (χ4n) is 2.11. The first-order chi connectivity index (χ1) is 12.6. The molecule has 0 heterocycles. The number of halogens is 1. The van der Waals surface area contributed by atoms with Crippen LogP contribution in [0.3, 0.4) is 0 Å². The normalized spacial score (nSPS) is 10.9.